The fourth-order valence-corrected chi connectivity index (χ4v) is 2.54. The molecule has 1 aromatic heterocycles. The lowest BCUT2D eigenvalue weighted by atomic mass is 10.1. The zero-order chi connectivity index (χ0) is 19.1. The summed E-state index contributed by atoms with van der Waals surface area (Å²) in [5.41, 5.74) is 3.32. The van der Waals surface area contributed by atoms with Crippen molar-refractivity contribution in [3.63, 3.8) is 0 Å². The van der Waals surface area contributed by atoms with Crippen LogP contribution in [0.4, 0.5) is 17.3 Å². The molecule has 0 radical (unpaired) electrons. The van der Waals surface area contributed by atoms with Gasteiger partial charge in [-0.3, -0.25) is 4.79 Å². The maximum Gasteiger partial charge on any atom is 0.229 e. The zero-order valence-electron chi connectivity index (χ0n) is 15.4. The molecule has 0 spiro atoms. The molecule has 138 valence electrons. The summed E-state index contributed by atoms with van der Waals surface area (Å²) in [7, 11) is 0. The summed E-state index contributed by atoms with van der Waals surface area (Å²) in [6.45, 7) is 4.39. The maximum absolute atomic E-state index is 12.0. The number of hydrogen-bond acceptors (Lipinski definition) is 5. The molecule has 0 unspecified atom stereocenters. The highest BCUT2D eigenvalue weighted by atomic mass is 16.5. The van der Waals surface area contributed by atoms with Gasteiger partial charge >= 0.3 is 0 Å². The summed E-state index contributed by atoms with van der Waals surface area (Å²) in [5.74, 6) is 1.60. The normalized spacial score (nSPS) is 10.3. The van der Waals surface area contributed by atoms with Gasteiger partial charge in [0.15, 0.2) is 11.6 Å². The van der Waals surface area contributed by atoms with Crippen LogP contribution in [0, 0.1) is 13.8 Å². The van der Waals surface area contributed by atoms with Crippen molar-refractivity contribution in [2.75, 3.05) is 17.2 Å². The molecular formula is C21H22N4O2. The molecule has 3 rings (SSSR count). The predicted octanol–water partition coefficient (Wildman–Crippen LogP) is 4.24. The van der Waals surface area contributed by atoms with E-state index in [-0.39, 0.29) is 12.3 Å². The molecule has 6 heteroatoms. The highest BCUT2D eigenvalue weighted by Crippen LogP contribution is 2.20. The monoisotopic (exact) mass is 362 g/mol. The van der Waals surface area contributed by atoms with E-state index in [9.17, 15) is 4.79 Å². The average Bonchev–Trinajstić information content (AvgIpc) is 2.66. The second-order valence-corrected chi connectivity index (χ2v) is 6.21. The maximum atomic E-state index is 12.0. The van der Waals surface area contributed by atoms with Crippen LogP contribution >= 0.6 is 0 Å². The largest absolute Gasteiger partial charge is 0.493 e. The minimum absolute atomic E-state index is 0.171. The molecule has 2 N–H and O–H groups in total. The first-order valence-electron chi connectivity index (χ1n) is 8.76. The van der Waals surface area contributed by atoms with E-state index in [0.29, 0.717) is 18.2 Å². The van der Waals surface area contributed by atoms with Crippen LogP contribution in [0.5, 0.6) is 5.75 Å². The highest BCUT2D eigenvalue weighted by molar-refractivity contribution is 5.89. The van der Waals surface area contributed by atoms with Crippen molar-refractivity contribution in [3.05, 3.63) is 71.8 Å². The summed E-state index contributed by atoms with van der Waals surface area (Å²) in [5, 5.41) is 14.1. The Balaban J connectivity index is 1.49. The number of amides is 1. The number of carbonyl (C=O) groups excluding carboxylic acids is 1. The number of para-hydroxylation sites is 1. The van der Waals surface area contributed by atoms with Gasteiger partial charge in [0.1, 0.15) is 5.75 Å². The number of rotatable bonds is 7. The predicted molar refractivity (Wildman–Crippen MR) is 106 cm³/mol. The number of benzene rings is 2. The summed E-state index contributed by atoms with van der Waals surface area (Å²) in [6, 6.07) is 19.0. The van der Waals surface area contributed by atoms with Crippen molar-refractivity contribution < 1.29 is 9.53 Å². The molecule has 1 heterocycles. The number of hydrogen-bond donors (Lipinski definition) is 2. The summed E-state index contributed by atoms with van der Waals surface area (Å²) >= 11 is 0. The van der Waals surface area contributed by atoms with Crippen LogP contribution in [0.1, 0.15) is 17.5 Å². The molecule has 0 bridgehead atoms. The van der Waals surface area contributed by atoms with Gasteiger partial charge in [-0.25, -0.2) is 0 Å². The standard InChI is InChI=1S/C21H22N4O2/c1-15-8-9-18(16(2)14-15)22-19-10-11-20(25-24-19)23-21(26)12-13-27-17-6-4-3-5-7-17/h3-11,14H,12-13H2,1-2H3,(H,22,24)(H,23,25,26). The molecule has 0 atom stereocenters. The smallest absolute Gasteiger partial charge is 0.229 e. The topological polar surface area (TPSA) is 76.1 Å². The van der Waals surface area contributed by atoms with Gasteiger partial charge in [-0.15, -0.1) is 10.2 Å². The Morgan fingerprint density at radius 1 is 0.963 bits per heavy atom. The van der Waals surface area contributed by atoms with Crippen LogP contribution in [0.15, 0.2) is 60.7 Å². The molecule has 0 aliphatic rings. The van der Waals surface area contributed by atoms with Crippen molar-refractivity contribution >= 4 is 23.2 Å². The Morgan fingerprint density at radius 3 is 2.41 bits per heavy atom. The van der Waals surface area contributed by atoms with Crippen LogP contribution in [0.2, 0.25) is 0 Å². The van der Waals surface area contributed by atoms with Gasteiger partial charge in [-0.2, -0.15) is 0 Å². The highest BCUT2D eigenvalue weighted by Gasteiger charge is 2.06. The van der Waals surface area contributed by atoms with Gasteiger partial charge in [-0.05, 0) is 49.7 Å². The molecule has 0 saturated heterocycles. The number of ether oxygens (including phenoxy) is 1. The van der Waals surface area contributed by atoms with Crippen LogP contribution in [-0.4, -0.2) is 22.7 Å². The lowest BCUT2D eigenvalue weighted by Gasteiger charge is -2.10. The second kappa shape index (κ2) is 8.80. The van der Waals surface area contributed by atoms with Gasteiger partial charge < -0.3 is 15.4 Å². The van der Waals surface area contributed by atoms with E-state index >= 15 is 0 Å². The Kier molecular flexibility index (Phi) is 5.99. The fourth-order valence-electron chi connectivity index (χ4n) is 2.54. The third-order valence-electron chi connectivity index (χ3n) is 3.92. The number of nitrogens with zero attached hydrogens (tertiary/aromatic N) is 2. The molecule has 2 aromatic carbocycles. The second-order valence-electron chi connectivity index (χ2n) is 6.21. The zero-order valence-corrected chi connectivity index (χ0v) is 15.4. The Morgan fingerprint density at radius 2 is 1.70 bits per heavy atom. The van der Waals surface area contributed by atoms with E-state index in [2.05, 4.69) is 33.8 Å². The van der Waals surface area contributed by atoms with Crippen LogP contribution in [-0.2, 0) is 4.79 Å². The van der Waals surface area contributed by atoms with Crippen molar-refractivity contribution in [1.82, 2.24) is 10.2 Å². The molecule has 6 nitrogen and oxygen atoms in total. The first-order valence-corrected chi connectivity index (χ1v) is 8.76. The third-order valence-corrected chi connectivity index (χ3v) is 3.92. The number of aryl methyl sites for hydroxylation is 2. The lowest BCUT2D eigenvalue weighted by molar-refractivity contribution is -0.116. The minimum atomic E-state index is -0.171. The molecule has 27 heavy (non-hydrogen) atoms. The number of carbonyl (C=O) groups is 1. The lowest BCUT2D eigenvalue weighted by Crippen LogP contribution is -2.16. The van der Waals surface area contributed by atoms with E-state index in [1.807, 2.05) is 49.4 Å². The van der Waals surface area contributed by atoms with Crippen molar-refractivity contribution in [2.45, 2.75) is 20.3 Å². The SMILES string of the molecule is Cc1ccc(Nc2ccc(NC(=O)CCOc3ccccc3)nn2)c(C)c1. The van der Waals surface area contributed by atoms with Gasteiger partial charge in [0.05, 0.1) is 13.0 Å². The number of nitrogens with one attached hydrogen (secondary N) is 2. The van der Waals surface area contributed by atoms with E-state index in [1.165, 1.54) is 5.56 Å². The van der Waals surface area contributed by atoms with Crippen LogP contribution < -0.4 is 15.4 Å². The van der Waals surface area contributed by atoms with Crippen molar-refractivity contribution in [1.29, 1.82) is 0 Å². The molecule has 0 saturated carbocycles. The third kappa shape index (κ3) is 5.54. The Bertz CT molecular complexity index is 896. The van der Waals surface area contributed by atoms with E-state index in [1.54, 1.807) is 12.1 Å². The molecular weight excluding hydrogens is 340 g/mol. The molecule has 1 amide bonds. The number of anilines is 3. The van der Waals surface area contributed by atoms with Crippen LogP contribution in [0.25, 0.3) is 0 Å². The van der Waals surface area contributed by atoms with Gasteiger partial charge in [-0.1, -0.05) is 35.9 Å². The van der Waals surface area contributed by atoms with Crippen LogP contribution in [0.3, 0.4) is 0 Å². The van der Waals surface area contributed by atoms with Crippen molar-refractivity contribution in [2.24, 2.45) is 0 Å². The average molecular weight is 362 g/mol. The van der Waals surface area contributed by atoms with E-state index in [0.717, 1.165) is 17.0 Å². The summed E-state index contributed by atoms with van der Waals surface area (Å²) in [6.07, 6.45) is 0.235. The van der Waals surface area contributed by atoms with Gasteiger partial charge in [0.25, 0.3) is 0 Å². The molecule has 3 aromatic rings. The fraction of sp³-hybridized carbons (Fsp3) is 0.190. The van der Waals surface area contributed by atoms with Gasteiger partial charge in [0.2, 0.25) is 5.91 Å². The van der Waals surface area contributed by atoms with Crippen molar-refractivity contribution in [3.8, 4) is 5.75 Å². The Labute approximate surface area is 158 Å². The molecule has 0 aliphatic heterocycles. The Hall–Kier alpha value is -3.41. The van der Waals surface area contributed by atoms with E-state index < -0.39 is 0 Å². The molecule has 0 fully saturated rings. The summed E-state index contributed by atoms with van der Waals surface area (Å²) in [4.78, 5) is 12.0. The molecule has 0 aliphatic carbocycles. The summed E-state index contributed by atoms with van der Waals surface area (Å²) < 4.78 is 5.51. The van der Waals surface area contributed by atoms with E-state index in [4.69, 9.17) is 4.74 Å². The first-order chi connectivity index (χ1) is 13.1. The van der Waals surface area contributed by atoms with Gasteiger partial charge in [0, 0.05) is 5.69 Å². The number of aromatic nitrogens is 2. The first kappa shape index (κ1) is 18.4. The quantitative estimate of drug-likeness (QED) is 0.657. The minimum Gasteiger partial charge on any atom is -0.493 e.